The Kier molecular flexibility index (Phi) is 4.80. The molecule has 1 heterocycles. The molecule has 0 spiro atoms. The van der Waals surface area contributed by atoms with Crippen LogP contribution in [-0.4, -0.2) is 9.55 Å². The van der Waals surface area contributed by atoms with Gasteiger partial charge in [-0.25, -0.2) is 4.98 Å². The van der Waals surface area contributed by atoms with Gasteiger partial charge in [-0.05, 0) is 47.9 Å². The van der Waals surface area contributed by atoms with Crippen LogP contribution in [0.2, 0.25) is 0 Å². The average molecular weight is 281 g/mol. The van der Waals surface area contributed by atoms with E-state index < -0.39 is 0 Å². The van der Waals surface area contributed by atoms with Gasteiger partial charge in [0, 0.05) is 12.4 Å². The molecule has 0 radical (unpaired) electrons. The lowest BCUT2D eigenvalue weighted by molar-refractivity contribution is 0.631. The van der Waals surface area contributed by atoms with Gasteiger partial charge in [-0.2, -0.15) is 5.26 Å². The molecule has 3 heteroatoms. The maximum atomic E-state index is 9.31. The van der Waals surface area contributed by atoms with Crippen LogP contribution in [0.3, 0.4) is 0 Å². The summed E-state index contributed by atoms with van der Waals surface area (Å²) in [6, 6.07) is 6.36. The zero-order chi connectivity index (χ0) is 15.4. The van der Waals surface area contributed by atoms with Crippen molar-refractivity contribution < 1.29 is 0 Å². The molecule has 3 nitrogen and oxygen atoms in total. The maximum Gasteiger partial charge on any atom is 0.0991 e. The fraction of sp³-hybridized carbons (Fsp3) is 0.444. The van der Waals surface area contributed by atoms with E-state index >= 15 is 0 Å². The molecule has 0 aliphatic heterocycles. The first-order chi connectivity index (χ1) is 10.0. The van der Waals surface area contributed by atoms with Crippen molar-refractivity contribution in [2.75, 3.05) is 0 Å². The van der Waals surface area contributed by atoms with Gasteiger partial charge in [0.1, 0.15) is 0 Å². The first kappa shape index (κ1) is 15.3. The molecule has 1 aromatic heterocycles. The summed E-state index contributed by atoms with van der Waals surface area (Å²) in [5.41, 5.74) is 4.43. The van der Waals surface area contributed by atoms with E-state index in [1.165, 1.54) is 16.8 Å². The molecule has 0 atom stereocenters. The highest BCUT2D eigenvalue weighted by molar-refractivity contribution is 5.53. The molecule has 0 saturated heterocycles. The van der Waals surface area contributed by atoms with E-state index in [-0.39, 0.29) is 0 Å². The number of aromatic nitrogens is 2. The largest absolute Gasteiger partial charge is 0.306 e. The van der Waals surface area contributed by atoms with Crippen molar-refractivity contribution in [3.8, 4) is 11.8 Å². The molecule has 2 aromatic rings. The normalized spacial score (nSPS) is 11.1. The van der Waals surface area contributed by atoms with Crippen LogP contribution in [-0.2, 0) is 12.8 Å². The zero-order valence-electron chi connectivity index (χ0n) is 13.3. The van der Waals surface area contributed by atoms with Crippen LogP contribution in [0.5, 0.6) is 0 Å². The first-order valence-corrected chi connectivity index (χ1v) is 7.55. The van der Waals surface area contributed by atoms with Crippen LogP contribution in [0.1, 0.15) is 44.4 Å². The summed E-state index contributed by atoms with van der Waals surface area (Å²) >= 11 is 0. The Labute approximate surface area is 127 Å². The Hall–Kier alpha value is -2.08. The van der Waals surface area contributed by atoms with Crippen LogP contribution in [0.15, 0.2) is 30.9 Å². The molecule has 0 fully saturated rings. The SMILES string of the molecule is CC(C)Cc1cc(C#N)cc(CC(C)C)c1-n1ccnc1. The summed E-state index contributed by atoms with van der Waals surface area (Å²) < 4.78 is 2.08. The lowest BCUT2D eigenvalue weighted by Gasteiger charge is -2.19. The molecule has 1 aromatic carbocycles. The predicted octanol–water partition coefficient (Wildman–Crippen LogP) is 4.14. The summed E-state index contributed by atoms with van der Waals surface area (Å²) in [5.74, 6) is 1.10. The summed E-state index contributed by atoms with van der Waals surface area (Å²) in [5, 5.41) is 9.31. The number of rotatable bonds is 5. The van der Waals surface area contributed by atoms with E-state index in [0.717, 1.165) is 18.4 Å². The second-order valence-corrected chi connectivity index (χ2v) is 6.42. The lowest BCUT2D eigenvalue weighted by Crippen LogP contribution is -2.08. The van der Waals surface area contributed by atoms with Gasteiger partial charge in [-0.1, -0.05) is 27.7 Å². The minimum Gasteiger partial charge on any atom is -0.306 e. The van der Waals surface area contributed by atoms with Gasteiger partial charge in [0.25, 0.3) is 0 Å². The Balaban J connectivity index is 2.63. The first-order valence-electron chi connectivity index (χ1n) is 7.55. The highest BCUT2D eigenvalue weighted by Gasteiger charge is 2.15. The molecule has 0 unspecified atom stereocenters. The van der Waals surface area contributed by atoms with Gasteiger partial charge in [0.05, 0.1) is 23.6 Å². The topological polar surface area (TPSA) is 41.6 Å². The number of nitrogens with zero attached hydrogens (tertiary/aromatic N) is 3. The van der Waals surface area contributed by atoms with E-state index in [1.54, 1.807) is 6.20 Å². The van der Waals surface area contributed by atoms with Crippen molar-refractivity contribution >= 4 is 0 Å². The summed E-state index contributed by atoms with van der Waals surface area (Å²) in [6.45, 7) is 8.83. The van der Waals surface area contributed by atoms with Gasteiger partial charge >= 0.3 is 0 Å². The number of hydrogen-bond acceptors (Lipinski definition) is 2. The van der Waals surface area contributed by atoms with Crippen molar-refractivity contribution in [1.82, 2.24) is 9.55 Å². The molecular weight excluding hydrogens is 258 g/mol. The minimum atomic E-state index is 0.549. The maximum absolute atomic E-state index is 9.31. The minimum absolute atomic E-state index is 0.549. The Morgan fingerprint density at radius 1 is 1.10 bits per heavy atom. The van der Waals surface area contributed by atoms with E-state index in [1.807, 2.05) is 24.7 Å². The van der Waals surface area contributed by atoms with E-state index in [0.29, 0.717) is 11.8 Å². The van der Waals surface area contributed by atoms with Crippen LogP contribution < -0.4 is 0 Å². The van der Waals surface area contributed by atoms with Crippen molar-refractivity contribution in [2.45, 2.75) is 40.5 Å². The van der Waals surface area contributed by atoms with Gasteiger partial charge in [-0.3, -0.25) is 0 Å². The third-order valence-corrected chi connectivity index (χ3v) is 3.42. The molecule has 21 heavy (non-hydrogen) atoms. The highest BCUT2D eigenvalue weighted by atomic mass is 15.0. The third-order valence-electron chi connectivity index (χ3n) is 3.42. The molecule has 0 N–H and O–H groups in total. The molecular formula is C18H23N3. The van der Waals surface area contributed by atoms with Crippen molar-refractivity contribution in [3.63, 3.8) is 0 Å². The Morgan fingerprint density at radius 2 is 1.67 bits per heavy atom. The predicted molar refractivity (Wildman–Crippen MR) is 85.4 cm³/mol. The summed E-state index contributed by atoms with van der Waals surface area (Å²) in [4.78, 5) is 4.18. The van der Waals surface area contributed by atoms with E-state index in [9.17, 15) is 5.26 Å². The van der Waals surface area contributed by atoms with Gasteiger partial charge < -0.3 is 4.57 Å². The van der Waals surface area contributed by atoms with Crippen molar-refractivity contribution in [3.05, 3.63) is 47.5 Å². The smallest absolute Gasteiger partial charge is 0.0991 e. The van der Waals surface area contributed by atoms with Crippen LogP contribution in [0.25, 0.3) is 5.69 Å². The monoisotopic (exact) mass is 281 g/mol. The summed E-state index contributed by atoms with van der Waals surface area (Å²) in [6.07, 6.45) is 7.56. The molecule has 2 rings (SSSR count). The van der Waals surface area contributed by atoms with Crippen LogP contribution >= 0.6 is 0 Å². The number of benzene rings is 1. The number of hydrogen-bond donors (Lipinski definition) is 0. The second kappa shape index (κ2) is 6.58. The van der Waals surface area contributed by atoms with Crippen LogP contribution in [0, 0.1) is 23.2 Å². The Morgan fingerprint density at radius 3 is 2.05 bits per heavy atom. The third kappa shape index (κ3) is 3.72. The molecule has 0 saturated carbocycles. The van der Waals surface area contributed by atoms with Crippen molar-refractivity contribution in [2.24, 2.45) is 11.8 Å². The zero-order valence-corrected chi connectivity index (χ0v) is 13.3. The highest BCUT2D eigenvalue weighted by Crippen LogP contribution is 2.26. The van der Waals surface area contributed by atoms with Gasteiger partial charge in [-0.15, -0.1) is 0 Å². The fourth-order valence-corrected chi connectivity index (χ4v) is 2.74. The Bertz CT molecular complexity index is 600. The molecule has 0 aliphatic rings. The van der Waals surface area contributed by atoms with Gasteiger partial charge in [0.15, 0.2) is 0 Å². The lowest BCUT2D eigenvalue weighted by atomic mass is 9.92. The van der Waals surface area contributed by atoms with E-state index in [4.69, 9.17) is 0 Å². The number of imidazole rings is 1. The quantitative estimate of drug-likeness (QED) is 0.826. The average Bonchev–Trinajstić information content (AvgIpc) is 2.90. The van der Waals surface area contributed by atoms with Crippen LogP contribution in [0.4, 0.5) is 0 Å². The molecule has 0 aliphatic carbocycles. The molecule has 0 bridgehead atoms. The van der Waals surface area contributed by atoms with Gasteiger partial charge in [0.2, 0.25) is 0 Å². The number of nitriles is 1. The second-order valence-electron chi connectivity index (χ2n) is 6.42. The standard InChI is InChI=1S/C18H23N3/c1-13(2)7-16-9-15(11-19)10-17(8-14(3)4)18(16)21-6-5-20-12-21/h5-6,9-10,12-14H,7-8H2,1-4H3. The fourth-order valence-electron chi connectivity index (χ4n) is 2.74. The van der Waals surface area contributed by atoms with E-state index in [2.05, 4.69) is 43.3 Å². The van der Waals surface area contributed by atoms with Crippen molar-refractivity contribution in [1.29, 1.82) is 5.26 Å². The molecule has 0 amide bonds. The molecule has 110 valence electrons. The summed E-state index contributed by atoms with van der Waals surface area (Å²) in [7, 11) is 0.